The van der Waals surface area contributed by atoms with Crippen LogP contribution in [0.25, 0.3) is 10.8 Å². The maximum absolute atomic E-state index is 15.3. The lowest BCUT2D eigenvalue weighted by Crippen LogP contribution is -2.45. The molecular weight excluding hydrogens is 709 g/mol. The number of ketones is 1. The van der Waals surface area contributed by atoms with Crippen molar-refractivity contribution < 1.29 is 39.8 Å². The molecule has 1 aliphatic carbocycles. The van der Waals surface area contributed by atoms with Gasteiger partial charge >= 0.3 is 0 Å². The lowest BCUT2D eigenvalue weighted by atomic mass is 9.63. The average Bonchev–Trinajstić information content (AvgIpc) is 3.67. The van der Waals surface area contributed by atoms with E-state index in [-0.39, 0.29) is 46.9 Å². The average molecular weight is 761 g/mol. The Hall–Kier alpha value is -5.48. The van der Waals surface area contributed by atoms with Crippen molar-refractivity contribution in [3.63, 3.8) is 0 Å². The predicted molar refractivity (Wildman–Crippen MR) is 217 cm³/mol. The molecular formula is C46H52N2O8. The minimum atomic E-state index is -0.997. The number of hydrogen-bond acceptors (Lipinski definition) is 10. The van der Waals surface area contributed by atoms with Crippen LogP contribution in [0.15, 0.2) is 79.0 Å². The van der Waals surface area contributed by atoms with Crippen LogP contribution in [0.1, 0.15) is 87.0 Å². The van der Waals surface area contributed by atoms with Gasteiger partial charge in [0.1, 0.15) is 17.4 Å². The van der Waals surface area contributed by atoms with Crippen molar-refractivity contribution in [3.8, 4) is 34.5 Å². The number of aromatic nitrogens is 1. The zero-order valence-electron chi connectivity index (χ0n) is 32.3. The number of nitrogens with zero attached hydrogens (tertiary/aromatic N) is 1. The van der Waals surface area contributed by atoms with Gasteiger partial charge in [0.2, 0.25) is 5.75 Å². The fourth-order valence-electron chi connectivity index (χ4n) is 9.04. The van der Waals surface area contributed by atoms with Gasteiger partial charge in [0.25, 0.3) is 0 Å². The number of aliphatic hydroxyl groups excluding tert-OH is 1. The number of nitrogens with one attached hydrogen (secondary N) is 1. The number of fused-ring (bicyclic) bond motifs is 6. The van der Waals surface area contributed by atoms with Gasteiger partial charge in [-0.15, -0.1) is 0 Å². The molecule has 1 saturated carbocycles. The van der Waals surface area contributed by atoms with Gasteiger partial charge < -0.3 is 40.3 Å². The summed E-state index contributed by atoms with van der Waals surface area (Å²) in [6, 6.07) is 21.7. The molecule has 2 heterocycles. The Morgan fingerprint density at radius 1 is 0.911 bits per heavy atom. The van der Waals surface area contributed by atoms with Crippen LogP contribution in [0.3, 0.4) is 0 Å². The molecule has 1 spiro atoms. The van der Waals surface area contributed by atoms with E-state index in [1.54, 1.807) is 42.6 Å². The van der Waals surface area contributed by atoms with Crippen LogP contribution in [-0.2, 0) is 23.1 Å². The summed E-state index contributed by atoms with van der Waals surface area (Å²) >= 11 is 0. The largest absolute Gasteiger partial charge is 0.508 e. The summed E-state index contributed by atoms with van der Waals surface area (Å²) in [5.74, 6) is -0.411. The van der Waals surface area contributed by atoms with Crippen LogP contribution in [0.4, 0.5) is 11.5 Å². The van der Waals surface area contributed by atoms with Crippen molar-refractivity contribution in [3.05, 3.63) is 101 Å². The number of rotatable bonds is 9. The first-order valence-electron chi connectivity index (χ1n) is 19.7. The number of aryl methyl sites for hydroxylation is 2. The Labute approximate surface area is 327 Å². The second kappa shape index (κ2) is 16.3. The van der Waals surface area contributed by atoms with E-state index in [1.807, 2.05) is 44.2 Å². The molecule has 3 atom stereocenters. The van der Waals surface area contributed by atoms with Gasteiger partial charge in [-0.05, 0) is 138 Å². The standard InChI is InChI=1S/C46H52N2O8/c1-27(2)26-56-42-24-31(23-40(53)45(42)54)29-8-11-35-34-12-10-33(49)21-30(34)9-13-36(35)48-43-25-32(16-19-47-43)46(17-4-5-18-46)44(39(52)22-29)38(51)15-7-28-6-14-37(50)41(20-28)55-3/h6,9-10,12-14,16,19-21,23-25,27,29,38,44,49-51,53-54H,4-5,7-8,11,15,17-18,22,26H2,1-3H3,(H,47,48)/t29-,38+,44?/m0/s1. The first-order chi connectivity index (χ1) is 26.9. The third-order valence-corrected chi connectivity index (χ3v) is 11.8. The molecule has 1 unspecified atom stereocenters. The fraction of sp³-hybridized carbons (Fsp3) is 0.391. The van der Waals surface area contributed by atoms with Crippen molar-refractivity contribution in [2.45, 2.75) is 89.1 Å². The highest BCUT2D eigenvalue weighted by Crippen LogP contribution is 2.51. The third-order valence-electron chi connectivity index (χ3n) is 11.8. The number of carbonyl (C=O) groups is 1. The fourth-order valence-corrected chi connectivity index (χ4v) is 9.04. The van der Waals surface area contributed by atoms with Gasteiger partial charge in [-0.1, -0.05) is 44.9 Å². The zero-order chi connectivity index (χ0) is 39.6. The van der Waals surface area contributed by atoms with E-state index in [4.69, 9.17) is 14.5 Å². The van der Waals surface area contributed by atoms with Crippen molar-refractivity contribution in [1.29, 1.82) is 0 Å². The van der Waals surface area contributed by atoms with Gasteiger partial charge in [0.15, 0.2) is 23.0 Å². The van der Waals surface area contributed by atoms with Crippen LogP contribution < -0.4 is 14.8 Å². The van der Waals surface area contributed by atoms with Gasteiger partial charge in [-0.25, -0.2) is 4.98 Å². The number of carbonyl (C=O) groups excluding carboxylic acids is 1. The molecule has 7 rings (SSSR count). The number of Topliss-reactive ketones (excluding diaryl/α,β-unsaturated/α-hetero) is 1. The number of aliphatic hydroxyl groups is 1. The minimum Gasteiger partial charge on any atom is -0.508 e. The van der Waals surface area contributed by atoms with Gasteiger partial charge in [0, 0.05) is 23.7 Å². The van der Waals surface area contributed by atoms with Crippen molar-refractivity contribution in [2.75, 3.05) is 19.0 Å². The quantitative estimate of drug-likeness (QED) is 0.0801. The summed E-state index contributed by atoms with van der Waals surface area (Å²) in [5, 5.41) is 60.1. The highest BCUT2D eigenvalue weighted by molar-refractivity contribution is 5.92. The van der Waals surface area contributed by atoms with Gasteiger partial charge in [-0.3, -0.25) is 4.79 Å². The molecule has 1 aliphatic heterocycles. The number of methoxy groups -OCH3 is 1. The molecule has 2 aliphatic rings. The molecule has 1 aromatic heterocycles. The third kappa shape index (κ3) is 7.93. The van der Waals surface area contributed by atoms with E-state index in [9.17, 15) is 25.5 Å². The molecule has 6 N–H and O–H groups in total. The number of phenols is 4. The summed E-state index contributed by atoms with van der Waals surface area (Å²) in [7, 11) is 1.50. The minimum absolute atomic E-state index is 0.0339. The van der Waals surface area contributed by atoms with E-state index in [1.165, 1.54) is 13.2 Å². The zero-order valence-corrected chi connectivity index (χ0v) is 32.3. The number of phenolic OH excluding ortho intramolecular Hbond substituents is 4. The molecule has 1 fully saturated rings. The molecule has 0 amide bonds. The highest BCUT2D eigenvalue weighted by atomic mass is 16.5. The Morgan fingerprint density at radius 3 is 2.48 bits per heavy atom. The van der Waals surface area contributed by atoms with Crippen LogP contribution in [0, 0.1) is 11.8 Å². The topological polar surface area (TPSA) is 162 Å². The van der Waals surface area contributed by atoms with Crippen LogP contribution in [-0.4, -0.2) is 56.1 Å². The summed E-state index contributed by atoms with van der Waals surface area (Å²) in [6.07, 6.45) is 5.89. The number of anilines is 2. The second-order valence-corrected chi connectivity index (χ2v) is 16.0. The van der Waals surface area contributed by atoms with E-state index < -0.39 is 23.4 Å². The van der Waals surface area contributed by atoms with E-state index in [2.05, 4.69) is 5.32 Å². The Balaban J connectivity index is 1.35. The lowest BCUT2D eigenvalue weighted by Gasteiger charge is -2.41. The highest BCUT2D eigenvalue weighted by Gasteiger charge is 2.49. The number of pyridine rings is 1. The Bertz CT molecular complexity index is 2210. The smallest absolute Gasteiger partial charge is 0.200 e. The van der Waals surface area contributed by atoms with E-state index in [0.717, 1.165) is 58.8 Å². The maximum atomic E-state index is 15.3. The molecule has 10 heteroatoms. The van der Waals surface area contributed by atoms with Gasteiger partial charge in [0.05, 0.1) is 25.7 Å². The second-order valence-electron chi connectivity index (χ2n) is 16.0. The molecule has 294 valence electrons. The molecule has 2 bridgehead atoms. The monoisotopic (exact) mass is 760 g/mol. The molecule has 0 saturated heterocycles. The first kappa shape index (κ1) is 38.8. The SMILES string of the molecule is COc1cc(CC[C@@H](O)C2C(=O)C[C@@H](c3cc(O)c(O)c(OCC(C)C)c3)CCc3c(ccc4cc(O)ccc34)Nc3cc(ccn3)C23CCCC3)ccc1O. The Morgan fingerprint density at radius 2 is 1.71 bits per heavy atom. The summed E-state index contributed by atoms with van der Waals surface area (Å²) in [5.41, 5.74) is 3.66. The number of ether oxygens (including phenoxy) is 2. The molecule has 56 heavy (non-hydrogen) atoms. The molecule has 5 aromatic rings. The summed E-state index contributed by atoms with van der Waals surface area (Å²) < 4.78 is 11.3. The first-order valence-corrected chi connectivity index (χ1v) is 19.7. The van der Waals surface area contributed by atoms with E-state index in [0.29, 0.717) is 49.4 Å². The molecule has 0 radical (unpaired) electrons. The number of aromatic hydroxyl groups is 4. The predicted octanol–water partition coefficient (Wildman–Crippen LogP) is 8.96. The molecule has 10 nitrogen and oxygen atoms in total. The van der Waals surface area contributed by atoms with Crippen molar-refractivity contribution in [2.24, 2.45) is 11.8 Å². The lowest BCUT2D eigenvalue weighted by molar-refractivity contribution is -0.130. The van der Waals surface area contributed by atoms with Crippen molar-refractivity contribution >= 4 is 28.1 Å². The van der Waals surface area contributed by atoms with Crippen LogP contribution >= 0.6 is 0 Å². The van der Waals surface area contributed by atoms with Crippen molar-refractivity contribution in [1.82, 2.24) is 4.98 Å². The Kier molecular flexibility index (Phi) is 11.3. The maximum Gasteiger partial charge on any atom is 0.200 e. The van der Waals surface area contributed by atoms with Crippen LogP contribution in [0.2, 0.25) is 0 Å². The summed E-state index contributed by atoms with van der Waals surface area (Å²) in [6.45, 7) is 4.32. The number of benzene rings is 4. The van der Waals surface area contributed by atoms with Crippen LogP contribution in [0.5, 0.6) is 34.5 Å². The normalized spacial score (nSPS) is 18.8. The number of hydrogen-bond donors (Lipinski definition) is 6. The van der Waals surface area contributed by atoms with E-state index >= 15 is 4.79 Å². The summed E-state index contributed by atoms with van der Waals surface area (Å²) in [4.78, 5) is 20.0. The van der Waals surface area contributed by atoms with Gasteiger partial charge in [-0.2, -0.15) is 0 Å². The molecule has 4 aromatic carbocycles.